The molecule has 1 amide bonds. The molecule has 0 aliphatic carbocycles. The minimum Gasteiger partial charge on any atom is -0.493 e. The molecule has 0 spiro atoms. The largest absolute Gasteiger partial charge is 0.493 e. The molecule has 1 aromatic carbocycles. The zero-order valence-corrected chi connectivity index (χ0v) is 13.4. The van der Waals surface area contributed by atoms with Crippen LogP contribution in [-0.4, -0.2) is 35.9 Å². The molecule has 0 radical (unpaired) electrons. The van der Waals surface area contributed by atoms with E-state index in [9.17, 15) is 4.79 Å². The maximum Gasteiger partial charge on any atom is 0.266 e. The van der Waals surface area contributed by atoms with E-state index < -0.39 is 0 Å². The van der Waals surface area contributed by atoms with Crippen LogP contribution in [0.25, 0.3) is 6.08 Å². The number of carbonyl (C=O) groups is 1. The van der Waals surface area contributed by atoms with Gasteiger partial charge in [0.25, 0.3) is 5.91 Å². The zero-order chi connectivity index (χ0) is 15.4. The smallest absolute Gasteiger partial charge is 0.266 e. The van der Waals surface area contributed by atoms with Gasteiger partial charge in [0.05, 0.1) is 19.1 Å². The van der Waals surface area contributed by atoms with Crippen LogP contribution in [0.3, 0.4) is 0 Å². The predicted octanol–water partition coefficient (Wildman–Crippen LogP) is 3.09. The van der Waals surface area contributed by atoms with Crippen LogP contribution in [0.4, 0.5) is 0 Å². The highest BCUT2D eigenvalue weighted by Crippen LogP contribution is 2.37. The van der Waals surface area contributed by atoms with Crippen LogP contribution in [0.1, 0.15) is 5.56 Å². The number of hydrogen-bond donors (Lipinski definition) is 0. The first-order chi connectivity index (χ1) is 10.1. The van der Waals surface area contributed by atoms with E-state index in [2.05, 4.69) is 6.58 Å². The maximum atomic E-state index is 12.3. The summed E-state index contributed by atoms with van der Waals surface area (Å²) in [7, 11) is 3.14. The van der Waals surface area contributed by atoms with Crippen molar-refractivity contribution in [2.45, 2.75) is 0 Å². The van der Waals surface area contributed by atoms with Gasteiger partial charge in [0.15, 0.2) is 11.5 Å². The molecule has 1 aromatic rings. The number of benzene rings is 1. The molecule has 110 valence electrons. The third-order valence-corrected chi connectivity index (χ3v) is 4.28. The maximum absolute atomic E-state index is 12.3. The van der Waals surface area contributed by atoms with Crippen molar-refractivity contribution < 1.29 is 14.3 Å². The molecule has 2 rings (SSSR count). The lowest BCUT2D eigenvalue weighted by atomic mass is 10.1. The molecule has 1 heterocycles. The summed E-state index contributed by atoms with van der Waals surface area (Å²) in [6.07, 6.45) is 3.42. The van der Waals surface area contributed by atoms with Gasteiger partial charge in [0.2, 0.25) is 0 Å². The van der Waals surface area contributed by atoms with Gasteiger partial charge in [0, 0.05) is 12.1 Å². The lowest BCUT2D eigenvalue weighted by Crippen LogP contribution is -2.27. The second kappa shape index (κ2) is 6.78. The summed E-state index contributed by atoms with van der Waals surface area (Å²) >= 11 is 6.48. The number of para-hydroxylation sites is 1. The highest BCUT2D eigenvalue weighted by Gasteiger charge is 2.31. The average molecular weight is 321 g/mol. The summed E-state index contributed by atoms with van der Waals surface area (Å²) in [5, 5.41) is 0. The molecule has 1 aliphatic rings. The molecule has 0 atom stereocenters. The van der Waals surface area contributed by atoms with Crippen molar-refractivity contribution in [3.05, 3.63) is 41.3 Å². The molecule has 0 unspecified atom stereocenters. The number of ether oxygens (including phenoxy) is 2. The molecular formula is C15H15NO3S2. The Balaban J connectivity index is 2.39. The monoisotopic (exact) mass is 321 g/mol. The molecule has 21 heavy (non-hydrogen) atoms. The molecule has 0 aromatic heterocycles. The van der Waals surface area contributed by atoms with E-state index in [1.807, 2.05) is 12.1 Å². The van der Waals surface area contributed by atoms with Crippen molar-refractivity contribution in [2.75, 3.05) is 20.8 Å². The van der Waals surface area contributed by atoms with Gasteiger partial charge < -0.3 is 9.47 Å². The molecule has 0 saturated carbocycles. The number of nitrogens with zero attached hydrogens (tertiary/aromatic N) is 1. The normalized spacial score (nSPS) is 16.5. The second-order valence-electron chi connectivity index (χ2n) is 4.16. The van der Waals surface area contributed by atoms with E-state index in [1.54, 1.807) is 32.4 Å². The van der Waals surface area contributed by atoms with Crippen molar-refractivity contribution >= 4 is 40.3 Å². The van der Waals surface area contributed by atoms with Gasteiger partial charge in [-0.15, -0.1) is 6.58 Å². The summed E-state index contributed by atoms with van der Waals surface area (Å²) in [5.41, 5.74) is 0.774. The SMILES string of the molecule is C=CCN1C(=O)C(=Cc2cccc(OC)c2OC)SC1=S. The van der Waals surface area contributed by atoms with Gasteiger partial charge in [-0.25, -0.2) is 0 Å². The van der Waals surface area contributed by atoms with Gasteiger partial charge in [-0.05, 0) is 12.1 Å². The van der Waals surface area contributed by atoms with E-state index in [4.69, 9.17) is 21.7 Å². The molecule has 1 aliphatic heterocycles. The number of amides is 1. The Morgan fingerprint density at radius 1 is 1.38 bits per heavy atom. The van der Waals surface area contributed by atoms with Crippen molar-refractivity contribution in [3.8, 4) is 11.5 Å². The van der Waals surface area contributed by atoms with E-state index in [0.29, 0.717) is 27.3 Å². The number of thiocarbonyl (C=S) groups is 1. The second-order valence-corrected chi connectivity index (χ2v) is 5.84. The van der Waals surface area contributed by atoms with E-state index in [0.717, 1.165) is 5.56 Å². The third kappa shape index (κ3) is 3.11. The van der Waals surface area contributed by atoms with Crippen molar-refractivity contribution in [1.82, 2.24) is 4.90 Å². The molecular weight excluding hydrogens is 306 g/mol. The highest BCUT2D eigenvalue weighted by atomic mass is 32.2. The van der Waals surface area contributed by atoms with Crippen LogP contribution >= 0.6 is 24.0 Å². The zero-order valence-electron chi connectivity index (χ0n) is 11.8. The fourth-order valence-electron chi connectivity index (χ4n) is 1.95. The van der Waals surface area contributed by atoms with Gasteiger partial charge >= 0.3 is 0 Å². The minimum atomic E-state index is -0.116. The average Bonchev–Trinajstić information content (AvgIpc) is 2.75. The summed E-state index contributed by atoms with van der Waals surface area (Å²) < 4.78 is 11.2. The minimum absolute atomic E-state index is 0.116. The van der Waals surface area contributed by atoms with Crippen molar-refractivity contribution in [1.29, 1.82) is 0 Å². The number of methoxy groups -OCH3 is 2. The Labute approximate surface area is 133 Å². The van der Waals surface area contributed by atoms with Crippen molar-refractivity contribution in [2.24, 2.45) is 0 Å². The predicted molar refractivity (Wildman–Crippen MR) is 89.6 cm³/mol. The standard InChI is InChI=1S/C15H15NO3S2/c1-4-8-16-14(17)12(21-15(16)20)9-10-6-5-7-11(18-2)13(10)19-3/h4-7,9H,1,8H2,2-3H3. The van der Waals surface area contributed by atoms with Crippen molar-refractivity contribution in [3.63, 3.8) is 0 Å². The van der Waals surface area contributed by atoms with Crippen LogP contribution in [0.5, 0.6) is 11.5 Å². The molecule has 0 bridgehead atoms. The van der Waals surface area contributed by atoms with Crippen LogP contribution in [0.15, 0.2) is 35.8 Å². The Morgan fingerprint density at radius 2 is 2.14 bits per heavy atom. The van der Waals surface area contributed by atoms with Gasteiger partial charge in [-0.2, -0.15) is 0 Å². The molecule has 0 N–H and O–H groups in total. The number of thioether (sulfide) groups is 1. The molecule has 4 nitrogen and oxygen atoms in total. The Kier molecular flexibility index (Phi) is 5.03. The van der Waals surface area contributed by atoms with Crippen LogP contribution in [-0.2, 0) is 4.79 Å². The fourth-order valence-corrected chi connectivity index (χ4v) is 3.22. The lowest BCUT2D eigenvalue weighted by Gasteiger charge is -2.11. The number of carbonyl (C=O) groups excluding carboxylic acids is 1. The summed E-state index contributed by atoms with van der Waals surface area (Å²) in [4.78, 5) is 14.4. The van der Waals surface area contributed by atoms with Crippen LogP contribution in [0.2, 0.25) is 0 Å². The fraction of sp³-hybridized carbons (Fsp3) is 0.200. The van der Waals surface area contributed by atoms with Gasteiger partial charge in [-0.1, -0.05) is 42.2 Å². The Hall–Kier alpha value is -1.79. The van der Waals surface area contributed by atoms with E-state index >= 15 is 0 Å². The summed E-state index contributed by atoms with van der Waals surface area (Å²) in [6, 6.07) is 5.51. The molecule has 6 heteroatoms. The van der Waals surface area contributed by atoms with Gasteiger partial charge in [0.1, 0.15) is 4.32 Å². The van der Waals surface area contributed by atoms with Crippen LogP contribution < -0.4 is 9.47 Å². The quantitative estimate of drug-likeness (QED) is 0.473. The third-order valence-electron chi connectivity index (χ3n) is 2.91. The first-order valence-electron chi connectivity index (χ1n) is 6.19. The highest BCUT2D eigenvalue weighted by molar-refractivity contribution is 8.26. The summed E-state index contributed by atoms with van der Waals surface area (Å²) in [5.74, 6) is 1.09. The Bertz CT molecular complexity index is 625. The molecule has 1 fully saturated rings. The van der Waals surface area contributed by atoms with E-state index in [-0.39, 0.29) is 5.91 Å². The van der Waals surface area contributed by atoms with Crippen LogP contribution in [0, 0.1) is 0 Å². The van der Waals surface area contributed by atoms with E-state index in [1.165, 1.54) is 16.7 Å². The lowest BCUT2D eigenvalue weighted by molar-refractivity contribution is -0.121. The van der Waals surface area contributed by atoms with Gasteiger partial charge in [-0.3, -0.25) is 9.69 Å². The first kappa shape index (κ1) is 15.6. The Morgan fingerprint density at radius 3 is 2.76 bits per heavy atom. The number of hydrogen-bond acceptors (Lipinski definition) is 5. The first-order valence-corrected chi connectivity index (χ1v) is 7.42. The molecule has 1 saturated heterocycles. The topological polar surface area (TPSA) is 38.8 Å². The summed E-state index contributed by atoms with van der Waals surface area (Å²) in [6.45, 7) is 4.05. The number of rotatable bonds is 5.